The SMILES string of the molecule is COc1ccc(C)c(C#N)c1C(=O)Cl. The molecule has 0 radical (unpaired) electrons. The minimum atomic E-state index is -0.679. The predicted molar refractivity (Wildman–Crippen MR) is 52.6 cm³/mol. The van der Waals surface area contributed by atoms with Crippen LogP contribution in [-0.4, -0.2) is 12.4 Å². The molecule has 0 fully saturated rings. The van der Waals surface area contributed by atoms with Gasteiger partial charge in [-0.25, -0.2) is 0 Å². The zero-order valence-corrected chi connectivity index (χ0v) is 8.55. The van der Waals surface area contributed by atoms with Crippen molar-refractivity contribution >= 4 is 16.8 Å². The molecule has 0 aliphatic carbocycles. The van der Waals surface area contributed by atoms with Crippen molar-refractivity contribution in [3.05, 3.63) is 28.8 Å². The van der Waals surface area contributed by atoms with Crippen LogP contribution in [0, 0.1) is 18.3 Å². The maximum absolute atomic E-state index is 11.1. The smallest absolute Gasteiger partial charge is 0.257 e. The third-order valence-electron chi connectivity index (χ3n) is 1.90. The van der Waals surface area contributed by atoms with Gasteiger partial charge in [-0.1, -0.05) is 6.07 Å². The van der Waals surface area contributed by atoms with E-state index in [0.717, 1.165) is 0 Å². The highest BCUT2D eigenvalue weighted by Gasteiger charge is 2.17. The molecule has 0 N–H and O–H groups in total. The summed E-state index contributed by atoms with van der Waals surface area (Å²) in [6, 6.07) is 5.26. The number of aryl methyl sites for hydroxylation is 1. The van der Waals surface area contributed by atoms with E-state index in [0.29, 0.717) is 11.3 Å². The summed E-state index contributed by atoms with van der Waals surface area (Å²) < 4.78 is 4.95. The Hall–Kier alpha value is -1.53. The average Bonchev–Trinajstić information content (AvgIpc) is 2.17. The molecule has 0 saturated heterocycles. The van der Waals surface area contributed by atoms with Gasteiger partial charge in [0.05, 0.1) is 18.2 Å². The normalized spacial score (nSPS) is 9.29. The number of halogens is 1. The van der Waals surface area contributed by atoms with Crippen molar-refractivity contribution in [2.24, 2.45) is 0 Å². The van der Waals surface area contributed by atoms with Gasteiger partial charge in [0.2, 0.25) is 0 Å². The molecule has 1 aromatic rings. The number of benzene rings is 1. The quantitative estimate of drug-likeness (QED) is 0.702. The summed E-state index contributed by atoms with van der Waals surface area (Å²) in [5.74, 6) is 0.326. The van der Waals surface area contributed by atoms with Gasteiger partial charge in [-0.2, -0.15) is 5.26 Å². The summed E-state index contributed by atoms with van der Waals surface area (Å²) in [5, 5.41) is 8.17. The zero-order valence-electron chi connectivity index (χ0n) is 7.80. The van der Waals surface area contributed by atoms with E-state index in [4.69, 9.17) is 21.6 Å². The van der Waals surface area contributed by atoms with Crippen LogP contribution in [0.15, 0.2) is 12.1 Å². The third kappa shape index (κ3) is 1.70. The van der Waals surface area contributed by atoms with Crippen LogP contribution in [0.3, 0.4) is 0 Å². The number of nitrogens with zero attached hydrogens (tertiary/aromatic N) is 1. The van der Waals surface area contributed by atoms with Crippen LogP contribution in [-0.2, 0) is 0 Å². The summed E-state index contributed by atoms with van der Waals surface area (Å²) in [4.78, 5) is 11.1. The van der Waals surface area contributed by atoms with Crippen molar-refractivity contribution in [3.63, 3.8) is 0 Å². The van der Waals surface area contributed by atoms with Gasteiger partial charge >= 0.3 is 0 Å². The molecule has 0 amide bonds. The highest BCUT2D eigenvalue weighted by atomic mass is 35.5. The summed E-state index contributed by atoms with van der Waals surface area (Å²) in [7, 11) is 1.43. The minimum absolute atomic E-state index is 0.136. The van der Waals surface area contributed by atoms with Crippen molar-refractivity contribution in [1.29, 1.82) is 5.26 Å². The van der Waals surface area contributed by atoms with Crippen molar-refractivity contribution in [2.45, 2.75) is 6.92 Å². The lowest BCUT2D eigenvalue weighted by Gasteiger charge is -2.07. The summed E-state index contributed by atoms with van der Waals surface area (Å²) in [6.45, 7) is 1.74. The molecule has 0 aliphatic rings. The monoisotopic (exact) mass is 209 g/mol. The number of hydrogen-bond acceptors (Lipinski definition) is 3. The van der Waals surface area contributed by atoms with E-state index in [-0.39, 0.29) is 11.1 Å². The molecule has 0 bridgehead atoms. The predicted octanol–water partition coefficient (Wildman–Crippen LogP) is 2.25. The standard InChI is InChI=1S/C10H8ClNO2/c1-6-3-4-8(14-2)9(10(11)13)7(6)5-12/h3-4H,1-2H3. The van der Waals surface area contributed by atoms with Crippen molar-refractivity contribution < 1.29 is 9.53 Å². The third-order valence-corrected chi connectivity index (χ3v) is 2.09. The Morgan fingerprint density at radius 3 is 2.64 bits per heavy atom. The van der Waals surface area contributed by atoms with Crippen LogP contribution in [0.25, 0.3) is 0 Å². The van der Waals surface area contributed by atoms with Gasteiger partial charge in [0.1, 0.15) is 11.8 Å². The van der Waals surface area contributed by atoms with Gasteiger partial charge in [0.25, 0.3) is 5.24 Å². The first-order chi connectivity index (χ1) is 6.61. The number of hydrogen-bond donors (Lipinski definition) is 0. The molecule has 0 unspecified atom stereocenters. The Labute approximate surface area is 86.9 Å². The van der Waals surface area contributed by atoms with Gasteiger partial charge in [-0.3, -0.25) is 4.79 Å². The number of methoxy groups -OCH3 is 1. The molecule has 72 valence electrons. The first kappa shape index (κ1) is 10.6. The van der Waals surface area contributed by atoms with Crippen molar-refractivity contribution in [1.82, 2.24) is 0 Å². The molecule has 0 heterocycles. The number of ether oxygens (including phenoxy) is 1. The second-order valence-electron chi connectivity index (χ2n) is 2.72. The number of rotatable bonds is 2. The van der Waals surface area contributed by atoms with Crippen molar-refractivity contribution in [3.8, 4) is 11.8 Å². The second-order valence-corrected chi connectivity index (χ2v) is 3.06. The van der Waals surface area contributed by atoms with Gasteiger partial charge in [-0.05, 0) is 30.2 Å². The van der Waals surface area contributed by atoms with E-state index in [9.17, 15) is 4.79 Å². The number of nitriles is 1. The molecule has 0 aromatic heterocycles. The van der Waals surface area contributed by atoms with Crippen molar-refractivity contribution in [2.75, 3.05) is 7.11 Å². The van der Waals surface area contributed by atoms with Crippen LogP contribution < -0.4 is 4.74 Å². The van der Waals surface area contributed by atoms with E-state index in [1.165, 1.54) is 7.11 Å². The first-order valence-electron chi connectivity index (χ1n) is 3.89. The van der Waals surface area contributed by atoms with Crippen LogP contribution in [0.2, 0.25) is 0 Å². The fourth-order valence-electron chi connectivity index (χ4n) is 1.20. The lowest BCUT2D eigenvalue weighted by atomic mass is 10.0. The molecule has 0 saturated carbocycles. The Morgan fingerprint density at radius 2 is 2.21 bits per heavy atom. The number of carbonyl (C=O) groups excluding carboxylic acids is 1. The molecule has 14 heavy (non-hydrogen) atoms. The molecule has 0 aliphatic heterocycles. The fraction of sp³-hybridized carbons (Fsp3) is 0.200. The maximum Gasteiger partial charge on any atom is 0.257 e. The van der Waals surface area contributed by atoms with E-state index < -0.39 is 5.24 Å². The van der Waals surface area contributed by atoms with Crippen LogP contribution >= 0.6 is 11.6 Å². The molecule has 4 heteroatoms. The topological polar surface area (TPSA) is 50.1 Å². The summed E-state index contributed by atoms with van der Waals surface area (Å²) in [6.07, 6.45) is 0. The zero-order chi connectivity index (χ0) is 10.7. The molecule has 3 nitrogen and oxygen atoms in total. The van der Waals surface area contributed by atoms with Crippen LogP contribution in [0.4, 0.5) is 0 Å². The van der Waals surface area contributed by atoms with Gasteiger partial charge in [0, 0.05) is 0 Å². The molecule has 0 spiro atoms. The van der Waals surface area contributed by atoms with Gasteiger partial charge < -0.3 is 4.74 Å². The Bertz CT molecular complexity index is 421. The Morgan fingerprint density at radius 1 is 1.57 bits per heavy atom. The van der Waals surface area contributed by atoms with E-state index >= 15 is 0 Å². The lowest BCUT2D eigenvalue weighted by Crippen LogP contribution is -2.01. The highest BCUT2D eigenvalue weighted by molar-refractivity contribution is 6.68. The van der Waals surface area contributed by atoms with Crippen LogP contribution in [0.1, 0.15) is 21.5 Å². The fourth-order valence-corrected chi connectivity index (χ4v) is 1.38. The molecule has 1 rings (SSSR count). The number of carbonyl (C=O) groups is 1. The average molecular weight is 210 g/mol. The molecular weight excluding hydrogens is 202 g/mol. The molecular formula is C10H8ClNO2. The van der Waals surface area contributed by atoms with E-state index in [1.807, 2.05) is 6.07 Å². The maximum atomic E-state index is 11.1. The summed E-state index contributed by atoms with van der Waals surface area (Å²) >= 11 is 5.37. The van der Waals surface area contributed by atoms with Gasteiger partial charge in [0.15, 0.2) is 0 Å². The van der Waals surface area contributed by atoms with Crippen LogP contribution in [0.5, 0.6) is 5.75 Å². The highest BCUT2D eigenvalue weighted by Crippen LogP contribution is 2.26. The van der Waals surface area contributed by atoms with E-state index in [1.54, 1.807) is 19.1 Å². The largest absolute Gasteiger partial charge is 0.496 e. The summed E-state index contributed by atoms with van der Waals surface area (Å²) in [5.41, 5.74) is 1.11. The minimum Gasteiger partial charge on any atom is -0.496 e. The Balaban J connectivity index is 3.54. The first-order valence-corrected chi connectivity index (χ1v) is 4.27. The van der Waals surface area contributed by atoms with E-state index in [2.05, 4.69) is 0 Å². The second kappa shape index (κ2) is 4.12. The Kier molecular flexibility index (Phi) is 3.10. The van der Waals surface area contributed by atoms with Gasteiger partial charge in [-0.15, -0.1) is 0 Å². The lowest BCUT2D eigenvalue weighted by molar-refractivity contribution is 0.107. The molecule has 0 atom stereocenters. The molecule has 1 aromatic carbocycles.